The molecule has 1 aromatic carbocycles. The fourth-order valence-corrected chi connectivity index (χ4v) is 4.16. The SMILES string of the molecule is C=CC(=O)OCOc1c(Br)c(Br)c(Br)c(Br)c1Br. The fraction of sp³-hybridized carbons (Fsp3) is 0.100. The minimum Gasteiger partial charge on any atom is -0.455 e. The van der Waals surface area contributed by atoms with Crippen LogP contribution in [-0.4, -0.2) is 12.8 Å². The maximum atomic E-state index is 10.9. The average molecular weight is 573 g/mol. The van der Waals surface area contributed by atoms with E-state index in [9.17, 15) is 4.79 Å². The van der Waals surface area contributed by atoms with Gasteiger partial charge in [-0.2, -0.15) is 0 Å². The van der Waals surface area contributed by atoms with Crippen molar-refractivity contribution >= 4 is 85.6 Å². The number of benzene rings is 1. The van der Waals surface area contributed by atoms with Crippen LogP contribution in [0.5, 0.6) is 5.75 Å². The summed E-state index contributed by atoms with van der Waals surface area (Å²) in [6.07, 6.45) is 1.07. The second-order valence-electron chi connectivity index (χ2n) is 2.83. The summed E-state index contributed by atoms with van der Waals surface area (Å²) in [6.45, 7) is 3.09. The molecule has 0 atom stereocenters. The van der Waals surface area contributed by atoms with Gasteiger partial charge >= 0.3 is 5.97 Å². The monoisotopic (exact) mass is 568 g/mol. The lowest BCUT2D eigenvalue weighted by Gasteiger charge is -2.14. The molecule has 0 amide bonds. The van der Waals surface area contributed by atoms with Crippen LogP contribution in [0.4, 0.5) is 0 Å². The van der Waals surface area contributed by atoms with Crippen LogP contribution in [0.25, 0.3) is 0 Å². The van der Waals surface area contributed by atoms with Gasteiger partial charge in [0.2, 0.25) is 6.79 Å². The second-order valence-corrected chi connectivity index (χ2v) is 6.79. The van der Waals surface area contributed by atoms with Crippen molar-refractivity contribution in [1.29, 1.82) is 0 Å². The van der Waals surface area contributed by atoms with E-state index in [4.69, 9.17) is 9.47 Å². The van der Waals surface area contributed by atoms with E-state index < -0.39 is 5.97 Å². The van der Waals surface area contributed by atoms with Gasteiger partial charge in [-0.3, -0.25) is 0 Å². The molecule has 0 radical (unpaired) electrons. The Labute approximate surface area is 146 Å². The molecule has 0 aliphatic carbocycles. The zero-order chi connectivity index (χ0) is 13.9. The van der Waals surface area contributed by atoms with Crippen molar-refractivity contribution in [3.63, 3.8) is 0 Å². The number of halogens is 5. The predicted molar refractivity (Wildman–Crippen MR) is 86.7 cm³/mol. The predicted octanol–water partition coefficient (Wildman–Crippen LogP) is 5.56. The molecule has 1 aromatic rings. The Balaban J connectivity index is 2.96. The number of carbonyl (C=O) groups excluding carboxylic acids is 1. The van der Waals surface area contributed by atoms with E-state index in [0.29, 0.717) is 14.7 Å². The summed E-state index contributed by atoms with van der Waals surface area (Å²) in [6, 6.07) is 0. The van der Waals surface area contributed by atoms with Crippen molar-refractivity contribution in [2.24, 2.45) is 0 Å². The molecule has 0 bridgehead atoms. The molecule has 0 heterocycles. The van der Waals surface area contributed by atoms with Gasteiger partial charge < -0.3 is 9.47 Å². The van der Waals surface area contributed by atoms with Crippen LogP contribution >= 0.6 is 79.6 Å². The van der Waals surface area contributed by atoms with Gasteiger partial charge in [0.25, 0.3) is 0 Å². The number of hydrogen-bond acceptors (Lipinski definition) is 3. The number of ether oxygens (including phenoxy) is 2. The molecular formula is C10H5Br5O3. The summed E-state index contributed by atoms with van der Waals surface area (Å²) in [5.74, 6) is -0.0358. The molecule has 0 aromatic heterocycles. The van der Waals surface area contributed by atoms with Gasteiger partial charge in [-0.1, -0.05) is 6.58 Å². The van der Waals surface area contributed by atoms with Crippen molar-refractivity contribution in [2.75, 3.05) is 6.79 Å². The summed E-state index contributed by atoms with van der Waals surface area (Å²) in [7, 11) is 0. The van der Waals surface area contributed by atoms with Gasteiger partial charge in [-0.15, -0.1) is 0 Å². The lowest BCUT2D eigenvalue weighted by Crippen LogP contribution is -2.08. The molecule has 0 N–H and O–H groups in total. The zero-order valence-electron chi connectivity index (χ0n) is 8.61. The number of esters is 1. The first-order chi connectivity index (χ1) is 8.40. The third-order valence-corrected chi connectivity index (χ3v) is 7.76. The fourth-order valence-electron chi connectivity index (χ4n) is 0.917. The normalized spacial score (nSPS) is 10.1. The van der Waals surface area contributed by atoms with E-state index in [2.05, 4.69) is 86.2 Å². The summed E-state index contributed by atoms with van der Waals surface area (Å²) < 4.78 is 13.9. The van der Waals surface area contributed by atoms with Gasteiger partial charge in [0.1, 0.15) is 0 Å². The van der Waals surface area contributed by atoms with Crippen LogP contribution in [0.2, 0.25) is 0 Å². The van der Waals surface area contributed by atoms with Gasteiger partial charge in [-0.05, 0) is 79.6 Å². The molecule has 18 heavy (non-hydrogen) atoms. The van der Waals surface area contributed by atoms with Crippen LogP contribution in [0.3, 0.4) is 0 Å². The Hall–Kier alpha value is 0.630. The average Bonchev–Trinajstić information content (AvgIpc) is 2.37. The van der Waals surface area contributed by atoms with E-state index in [1.807, 2.05) is 0 Å². The highest BCUT2D eigenvalue weighted by atomic mass is 79.9. The Morgan fingerprint density at radius 3 is 1.89 bits per heavy atom. The minimum atomic E-state index is -0.544. The van der Waals surface area contributed by atoms with Crippen molar-refractivity contribution in [1.82, 2.24) is 0 Å². The quantitative estimate of drug-likeness (QED) is 0.156. The Morgan fingerprint density at radius 1 is 1.00 bits per heavy atom. The Morgan fingerprint density at radius 2 is 1.44 bits per heavy atom. The molecule has 0 saturated carbocycles. The third kappa shape index (κ3) is 3.82. The topological polar surface area (TPSA) is 35.5 Å². The molecule has 0 saturated heterocycles. The summed E-state index contributed by atoms with van der Waals surface area (Å²) in [5.41, 5.74) is 0. The molecule has 0 aliphatic rings. The van der Waals surface area contributed by atoms with Crippen LogP contribution < -0.4 is 4.74 Å². The Bertz CT molecular complexity index is 472. The van der Waals surface area contributed by atoms with Gasteiger partial charge in [0.05, 0.1) is 17.9 Å². The van der Waals surface area contributed by atoms with E-state index in [1.165, 1.54) is 0 Å². The molecule has 8 heteroatoms. The van der Waals surface area contributed by atoms with E-state index in [-0.39, 0.29) is 6.79 Å². The molecule has 3 nitrogen and oxygen atoms in total. The molecule has 0 spiro atoms. The van der Waals surface area contributed by atoms with Crippen LogP contribution in [0, 0.1) is 0 Å². The van der Waals surface area contributed by atoms with E-state index >= 15 is 0 Å². The standard InChI is InChI=1S/C10H5Br5O3/c1-2-4(16)17-3-18-10-8(14)6(12)5(11)7(13)9(10)15/h2H,1,3H2. The van der Waals surface area contributed by atoms with Crippen LogP contribution in [0.15, 0.2) is 35.0 Å². The second kappa shape index (κ2) is 7.42. The van der Waals surface area contributed by atoms with Crippen molar-refractivity contribution in [3.05, 3.63) is 35.0 Å². The Kier molecular flexibility index (Phi) is 6.88. The maximum absolute atomic E-state index is 10.9. The number of carbonyl (C=O) groups is 1. The van der Waals surface area contributed by atoms with Gasteiger partial charge in [-0.25, -0.2) is 4.79 Å². The molecule has 98 valence electrons. The van der Waals surface area contributed by atoms with Crippen molar-refractivity contribution < 1.29 is 14.3 Å². The number of rotatable bonds is 4. The number of hydrogen-bond donors (Lipinski definition) is 0. The first-order valence-corrected chi connectivity index (χ1v) is 8.30. The smallest absolute Gasteiger partial charge is 0.333 e. The zero-order valence-corrected chi connectivity index (χ0v) is 16.5. The van der Waals surface area contributed by atoms with E-state index in [1.54, 1.807) is 0 Å². The van der Waals surface area contributed by atoms with E-state index in [0.717, 1.165) is 19.5 Å². The van der Waals surface area contributed by atoms with Gasteiger partial charge in [0, 0.05) is 10.5 Å². The van der Waals surface area contributed by atoms with Crippen LogP contribution in [0.1, 0.15) is 0 Å². The van der Waals surface area contributed by atoms with Crippen LogP contribution in [-0.2, 0) is 9.53 Å². The molecule has 0 aliphatic heterocycles. The summed E-state index contributed by atoms with van der Waals surface area (Å²) in [4.78, 5) is 10.9. The molecular weight excluding hydrogens is 568 g/mol. The highest BCUT2D eigenvalue weighted by Crippen LogP contribution is 2.48. The molecule has 0 fully saturated rings. The first kappa shape index (κ1) is 16.7. The summed E-state index contributed by atoms with van der Waals surface area (Å²) in [5, 5.41) is 0. The van der Waals surface area contributed by atoms with Crippen molar-refractivity contribution in [2.45, 2.75) is 0 Å². The molecule has 1 rings (SSSR count). The third-order valence-electron chi connectivity index (χ3n) is 1.74. The first-order valence-electron chi connectivity index (χ1n) is 4.33. The lowest BCUT2D eigenvalue weighted by molar-refractivity contribution is -0.144. The molecule has 0 unspecified atom stereocenters. The van der Waals surface area contributed by atoms with Crippen molar-refractivity contribution in [3.8, 4) is 5.75 Å². The van der Waals surface area contributed by atoms with Gasteiger partial charge in [0.15, 0.2) is 5.75 Å². The lowest BCUT2D eigenvalue weighted by atomic mass is 10.3. The summed E-state index contributed by atoms with van der Waals surface area (Å²) >= 11 is 17.0. The largest absolute Gasteiger partial charge is 0.455 e. The highest BCUT2D eigenvalue weighted by molar-refractivity contribution is 9.15. The minimum absolute atomic E-state index is 0.206. The maximum Gasteiger partial charge on any atom is 0.333 e. The highest BCUT2D eigenvalue weighted by Gasteiger charge is 2.19.